The van der Waals surface area contributed by atoms with E-state index < -0.39 is 5.97 Å². The second-order valence-corrected chi connectivity index (χ2v) is 7.11. The average Bonchev–Trinajstić information content (AvgIpc) is 3.04. The van der Waals surface area contributed by atoms with Crippen LogP contribution in [0.1, 0.15) is 42.7 Å². The molecule has 2 N–H and O–H groups in total. The summed E-state index contributed by atoms with van der Waals surface area (Å²) in [6, 6.07) is 8.02. The van der Waals surface area contributed by atoms with Crippen LogP contribution in [0.4, 0.5) is 0 Å². The van der Waals surface area contributed by atoms with Gasteiger partial charge in [-0.2, -0.15) is 0 Å². The van der Waals surface area contributed by atoms with Crippen LogP contribution >= 0.6 is 0 Å². The molecular formula is C19H25N3O2. The van der Waals surface area contributed by atoms with E-state index in [0.717, 1.165) is 29.8 Å². The monoisotopic (exact) mass is 327 g/mol. The van der Waals surface area contributed by atoms with Crippen LogP contribution < -0.4 is 5.32 Å². The Hall–Kier alpha value is -1.85. The number of hydrogen-bond acceptors (Lipinski definition) is 3. The van der Waals surface area contributed by atoms with Gasteiger partial charge < -0.3 is 14.6 Å². The number of piperidine rings is 3. The van der Waals surface area contributed by atoms with E-state index in [-0.39, 0.29) is 6.17 Å². The summed E-state index contributed by atoms with van der Waals surface area (Å²) in [5, 5.41) is 14.4. The molecule has 0 saturated carbocycles. The van der Waals surface area contributed by atoms with Crippen molar-refractivity contribution in [2.75, 3.05) is 19.6 Å². The molecule has 3 saturated heterocycles. The van der Waals surface area contributed by atoms with Crippen LogP contribution in [0.2, 0.25) is 0 Å². The van der Waals surface area contributed by atoms with Gasteiger partial charge in [-0.05, 0) is 50.4 Å². The van der Waals surface area contributed by atoms with E-state index in [1.54, 1.807) is 6.07 Å². The third-order valence-electron chi connectivity index (χ3n) is 5.76. The normalized spacial score (nSPS) is 27.5. The van der Waals surface area contributed by atoms with Gasteiger partial charge in [-0.25, -0.2) is 4.79 Å². The maximum absolute atomic E-state index is 11.6. The summed E-state index contributed by atoms with van der Waals surface area (Å²) in [5.41, 5.74) is 1.21. The second-order valence-electron chi connectivity index (χ2n) is 7.11. The zero-order valence-corrected chi connectivity index (χ0v) is 14.1. The van der Waals surface area contributed by atoms with E-state index in [9.17, 15) is 9.90 Å². The zero-order valence-electron chi connectivity index (χ0n) is 14.1. The largest absolute Gasteiger partial charge is 0.478 e. The van der Waals surface area contributed by atoms with Crippen molar-refractivity contribution < 1.29 is 9.90 Å². The van der Waals surface area contributed by atoms with Crippen LogP contribution in [0, 0.1) is 5.92 Å². The lowest BCUT2D eigenvalue weighted by Gasteiger charge is -2.46. The number of carboxylic acids is 1. The molecule has 1 aromatic heterocycles. The fraction of sp³-hybridized carbons (Fsp3) is 0.526. The van der Waals surface area contributed by atoms with Gasteiger partial charge in [0.2, 0.25) is 0 Å². The Kier molecular flexibility index (Phi) is 4.06. The summed E-state index contributed by atoms with van der Waals surface area (Å²) in [6.07, 6.45) is 5.65. The molecule has 3 aliphatic rings. The quantitative estimate of drug-likeness (QED) is 0.886. The highest BCUT2D eigenvalue weighted by Gasteiger charge is 2.35. The summed E-state index contributed by atoms with van der Waals surface area (Å²) < 4.78 is 2.12. The number of aromatic carboxylic acids is 1. The average molecular weight is 327 g/mol. The summed E-state index contributed by atoms with van der Waals surface area (Å²) in [4.78, 5) is 14.2. The summed E-state index contributed by atoms with van der Waals surface area (Å²) >= 11 is 0. The van der Waals surface area contributed by atoms with Crippen molar-refractivity contribution in [3.63, 3.8) is 0 Å². The van der Waals surface area contributed by atoms with E-state index >= 15 is 0 Å². The molecule has 2 atom stereocenters. The third-order valence-corrected chi connectivity index (χ3v) is 5.76. The lowest BCUT2D eigenvalue weighted by Crippen LogP contribution is -2.57. The van der Waals surface area contributed by atoms with Gasteiger partial charge in [-0.15, -0.1) is 0 Å². The Morgan fingerprint density at radius 3 is 2.75 bits per heavy atom. The molecule has 0 aliphatic carbocycles. The van der Waals surface area contributed by atoms with Crippen LogP contribution in [0.15, 0.2) is 30.5 Å². The summed E-state index contributed by atoms with van der Waals surface area (Å²) in [6.45, 7) is 5.74. The Balaban J connectivity index is 1.66. The number of carbonyl (C=O) groups is 1. The fourth-order valence-corrected chi connectivity index (χ4v) is 4.45. The molecule has 2 bridgehead atoms. The minimum Gasteiger partial charge on any atom is -0.478 e. The standard InChI is InChI=1S/C19H25N3O2/c1-2-17(20-16-12-21-9-6-13(16)7-10-21)22-11-8-14-4-3-5-15(18(14)22)19(23)24/h3-5,8,11,13,16-17,20H,2,6-7,9-10,12H2,1H3,(H,23,24). The van der Waals surface area contributed by atoms with Crippen molar-refractivity contribution in [1.82, 2.24) is 14.8 Å². The fourth-order valence-electron chi connectivity index (χ4n) is 4.45. The Bertz CT molecular complexity index is 746. The first-order valence-electron chi connectivity index (χ1n) is 8.98. The van der Waals surface area contributed by atoms with Crippen molar-refractivity contribution in [2.45, 2.75) is 38.4 Å². The Labute approximate surface area is 142 Å². The molecular weight excluding hydrogens is 302 g/mol. The number of rotatable bonds is 5. The maximum atomic E-state index is 11.6. The van der Waals surface area contributed by atoms with Crippen molar-refractivity contribution in [2.24, 2.45) is 5.92 Å². The molecule has 0 amide bonds. The molecule has 1 aromatic carbocycles. The Morgan fingerprint density at radius 1 is 1.33 bits per heavy atom. The molecule has 3 fully saturated rings. The van der Waals surface area contributed by atoms with Crippen molar-refractivity contribution in [3.8, 4) is 0 Å². The van der Waals surface area contributed by atoms with Gasteiger partial charge in [-0.3, -0.25) is 5.32 Å². The molecule has 2 unspecified atom stereocenters. The second kappa shape index (κ2) is 6.22. The van der Waals surface area contributed by atoms with E-state index in [1.165, 1.54) is 25.9 Å². The number of aromatic nitrogens is 1. The van der Waals surface area contributed by atoms with Gasteiger partial charge in [0.05, 0.1) is 17.2 Å². The summed E-state index contributed by atoms with van der Waals surface area (Å²) in [5.74, 6) is -0.108. The molecule has 0 spiro atoms. The number of nitrogens with zero attached hydrogens (tertiary/aromatic N) is 2. The van der Waals surface area contributed by atoms with Crippen LogP contribution in [-0.2, 0) is 0 Å². The first-order valence-corrected chi connectivity index (χ1v) is 8.98. The zero-order chi connectivity index (χ0) is 16.7. The molecule has 5 rings (SSSR count). The third kappa shape index (κ3) is 2.62. The molecule has 4 heterocycles. The highest BCUT2D eigenvalue weighted by Crippen LogP contribution is 2.30. The van der Waals surface area contributed by atoms with E-state index in [0.29, 0.717) is 11.6 Å². The molecule has 5 heteroatoms. The number of hydrogen-bond donors (Lipinski definition) is 2. The van der Waals surface area contributed by atoms with Gasteiger partial charge in [0.15, 0.2) is 0 Å². The van der Waals surface area contributed by atoms with Crippen LogP contribution in [0.5, 0.6) is 0 Å². The number of nitrogens with one attached hydrogen (secondary N) is 1. The lowest BCUT2D eigenvalue weighted by atomic mass is 9.84. The predicted molar refractivity (Wildman–Crippen MR) is 94.3 cm³/mol. The number of fused-ring (bicyclic) bond motifs is 4. The highest BCUT2D eigenvalue weighted by molar-refractivity contribution is 6.02. The van der Waals surface area contributed by atoms with Gasteiger partial charge in [-0.1, -0.05) is 19.1 Å². The molecule has 2 aromatic rings. The van der Waals surface area contributed by atoms with Crippen LogP contribution in [-0.4, -0.2) is 46.2 Å². The first kappa shape index (κ1) is 15.7. The van der Waals surface area contributed by atoms with Crippen LogP contribution in [0.25, 0.3) is 10.9 Å². The molecule has 3 aliphatic heterocycles. The minimum atomic E-state index is -0.863. The van der Waals surface area contributed by atoms with Crippen molar-refractivity contribution >= 4 is 16.9 Å². The van der Waals surface area contributed by atoms with Crippen molar-refractivity contribution in [1.29, 1.82) is 0 Å². The van der Waals surface area contributed by atoms with Gasteiger partial charge in [0.1, 0.15) is 0 Å². The van der Waals surface area contributed by atoms with Gasteiger partial charge in [0, 0.05) is 24.2 Å². The van der Waals surface area contributed by atoms with Gasteiger partial charge >= 0.3 is 5.97 Å². The predicted octanol–water partition coefficient (Wildman–Crippen LogP) is 2.93. The molecule has 5 nitrogen and oxygen atoms in total. The first-order chi connectivity index (χ1) is 11.7. The topological polar surface area (TPSA) is 57.5 Å². The van der Waals surface area contributed by atoms with E-state index in [4.69, 9.17) is 0 Å². The SMILES string of the molecule is CCC(NC1CN2CCC1CC2)n1ccc2cccc(C(=O)O)c21. The smallest absolute Gasteiger partial charge is 0.337 e. The lowest BCUT2D eigenvalue weighted by molar-refractivity contribution is 0.0612. The minimum absolute atomic E-state index is 0.133. The van der Waals surface area contributed by atoms with E-state index in [1.807, 2.05) is 24.4 Å². The van der Waals surface area contributed by atoms with Crippen LogP contribution in [0.3, 0.4) is 0 Å². The molecule has 24 heavy (non-hydrogen) atoms. The number of carboxylic acid groups (broad SMARTS) is 1. The maximum Gasteiger partial charge on any atom is 0.337 e. The highest BCUT2D eigenvalue weighted by atomic mass is 16.4. The van der Waals surface area contributed by atoms with Gasteiger partial charge in [0.25, 0.3) is 0 Å². The number of benzene rings is 1. The van der Waals surface area contributed by atoms with E-state index in [2.05, 4.69) is 21.7 Å². The molecule has 0 radical (unpaired) electrons. The Morgan fingerprint density at radius 2 is 2.12 bits per heavy atom. The van der Waals surface area contributed by atoms with Crippen molar-refractivity contribution in [3.05, 3.63) is 36.0 Å². The molecule has 128 valence electrons. The summed E-state index contributed by atoms with van der Waals surface area (Å²) in [7, 11) is 0. The number of para-hydroxylation sites is 1.